The van der Waals surface area contributed by atoms with Crippen molar-refractivity contribution in [2.24, 2.45) is 0 Å². The number of ketones is 1. The third-order valence-corrected chi connectivity index (χ3v) is 5.91. The Morgan fingerprint density at radius 3 is 2.11 bits per heavy atom. The van der Waals surface area contributed by atoms with Crippen LogP contribution in [0.1, 0.15) is 71.9 Å². The van der Waals surface area contributed by atoms with Gasteiger partial charge in [-0.15, -0.1) is 0 Å². The number of ether oxygens (including phenoxy) is 3. The summed E-state index contributed by atoms with van der Waals surface area (Å²) in [7, 11) is 0. The molecule has 0 saturated heterocycles. The van der Waals surface area contributed by atoms with Crippen LogP contribution >= 0.6 is 0 Å². The van der Waals surface area contributed by atoms with Crippen LogP contribution < -0.4 is 48.9 Å². The van der Waals surface area contributed by atoms with Gasteiger partial charge in [0.15, 0.2) is 5.78 Å². The van der Waals surface area contributed by atoms with Crippen molar-refractivity contribution in [3.8, 4) is 28.7 Å². The van der Waals surface area contributed by atoms with Gasteiger partial charge in [0.05, 0.1) is 24.7 Å². The molecule has 0 aliphatic heterocycles. The second kappa shape index (κ2) is 15.4. The average Bonchev–Trinajstić information content (AvgIpc) is 2.87. The number of carbonyl (C=O) groups is 2. The third kappa shape index (κ3) is 8.25. The summed E-state index contributed by atoms with van der Waals surface area (Å²) < 4.78 is 17.9. The van der Waals surface area contributed by atoms with E-state index in [4.69, 9.17) is 14.2 Å². The monoisotopic (exact) mass is 528 g/mol. The Morgan fingerprint density at radius 2 is 1.47 bits per heavy atom. The maximum Gasteiger partial charge on any atom is 1.00 e. The molecule has 0 bridgehead atoms. The second-order valence-electron chi connectivity index (χ2n) is 8.66. The summed E-state index contributed by atoms with van der Waals surface area (Å²) in [6.45, 7) is 6.36. The van der Waals surface area contributed by atoms with Crippen LogP contribution in [-0.4, -0.2) is 30.1 Å². The van der Waals surface area contributed by atoms with Crippen molar-refractivity contribution in [2.45, 2.75) is 52.9 Å². The number of carbonyl (C=O) groups excluding carboxylic acids is 2. The molecule has 3 aromatic carbocycles. The molecule has 8 heteroatoms. The van der Waals surface area contributed by atoms with Crippen molar-refractivity contribution in [2.75, 3.05) is 13.2 Å². The molecular weight excluding hydrogens is 495 g/mol. The first kappa shape index (κ1) is 31.2. The van der Waals surface area contributed by atoms with Crippen LogP contribution in [0.2, 0.25) is 0 Å². The van der Waals surface area contributed by atoms with Crippen molar-refractivity contribution in [3.63, 3.8) is 0 Å². The molecule has 3 aromatic rings. The summed E-state index contributed by atoms with van der Waals surface area (Å²) >= 11 is 0. The molecule has 0 heterocycles. The van der Waals surface area contributed by atoms with Gasteiger partial charge in [-0.1, -0.05) is 38.5 Å². The van der Waals surface area contributed by atoms with Gasteiger partial charge in [0, 0.05) is 17.2 Å². The van der Waals surface area contributed by atoms with Crippen LogP contribution in [0.25, 0.3) is 0 Å². The van der Waals surface area contributed by atoms with Crippen LogP contribution in [0.3, 0.4) is 0 Å². The van der Waals surface area contributed by atoms with E-state index in [2.05, 4.69) is 6.92 Å². The minimum Gasteiger partial charge on any atom is -0.545 e. The molecule has 0 amide bonds. The maximum atomic E-state index is 11.7. The van der Waals surface area contributed by atoms with Crippen LogP contribution in [0.5, 0.6) is 28.7 Å². The molecule has 0 aliphatic rings. The van der Waals surface area contributed by atoms with E-state index >= 15 is 0 Å². The van der Waals surface area contributed by atoms with E-state index in [0.717, 1.165) is 30.4 Å². The Morgan fingerprint density at radius 1 is 0.842 bits per heavy atom. The van der Waals surface area contributed by atoms with E-state index in [9.17, 15) is 19.8 Å². The van der Waals surface area contributed by atoms with E-state index in [0.29, 0.717) is 48.9 Å². The molecule has 0 saturated carbocycles. The molecule has 0 spiro atoms. The van der Waals surface area contributed by atoms with Crippen molar-refractivity contribution in [1.29, 1.82) is 0 Å². The number of unbranched alkanes of at least 4 members (excludes halogenated alkanes) is 1. The summed E-state index contributed by atoms with van der Waals surface area (Å²) in [4.78, 5) is 23.1. The summed E-state index contributed by atoms with van der Waals surface area (Å²) in [5.41, 5.74) is 2.05. The number of carboxylic acid groups (broad SMARTS) is 1. The number of carboxylic acids is 1. The second-order valence-corrected chi connectivity index (χ2v) is 8.66. The van der Waals surface area contributed by atoms with E-state index < -0.39 is 5.97 Å². The number of benzene rings is 3. The number of aromatic hydroxyl groups is 1. The fraction of sp³-hybridized carbons (Fsp3) is 0.333. The molecular formula is C30H33NaO7. The molecule has 0 atom stereocenters. The number of phenolic OH excluding ortho intramolecular Hbond substituents is 1. The summed E-state index contributed by atoms with van der Waals surface area (Å²) in [5, 5.41) is 21.6. The molecule has 7 nitrogen and oxygen atoms in total. The van der Waals surface area contributed by atoms with Crippen LogP contribution in [0, 0.1) is 0 Å². The van der Waals surface area contributed by atoms with Crippen molar-refractivity contribution in [3.05, 3.63) is 76.9 Å². The van der Waals surface area contributed by atoms with Crippen LogP contribution in [0.15, 0.2) is 54.6 Å². The van der Waals surface area contributed by atoms with Crippen molar-refractivity contribution >= 4 is 11.8 Å². The van der Waals surface area contributed by atoms with Crippen molar-refractivity contribution in [1.82, 2.24) is 0 Å². The summed E-state index contributed by atoms with van der Waals surface area (Å²) in [6, 6.07) is 15.1. The summed E-state index contributed by atoms with van der Waals surface area (Å²) in [6.07, 6.45) is 3.73. The topological polar surface area (TPSA) is 105 Å². The first-order valence-corrected chi connectivity index (χ1v) is 12.6. The molecule has 0 radical (unpaired) electrons. The van der Waals surface area contributed by atoms with Gasteiger partial charge in [-0.25, -0.2) is 0 Å². The Bertz CT molecular complexity index is 1240. The molecule has 0 aliphatic carbocycles. The first-order valence-electron chi connectivity index (χ1n) is 12.6. The molecule has 0 aromatic heterocycles. The Kier molecular flexibility index (Phi) is 12.7. The van der Waals surface area contributed by atoms with Gasteiger partial charge in [-0.2, -0.15) is 0 Å². The van der Waals surface area contributed by atoms with E-state index in [1.165, 1.54) is 19.1 Å². The van der Waals surface area contributed by atoms with E-state index in [-0.39, 0.29) is 52.4 Å². The molecule has 1 N–H and O–H groups in total. The number of rotatable bonds is 14. The van der Waals surface area contributed by atoms with Gasteiger partial charge >= 0.3 is 29.6 Å². The van der Waals surface area contributed by atoms with Crippen LogP contribution in [0.4, 0.5) is 0 Å². The Balaban J connectivity index is 0.00000507. The molecule has 3 rings (SSSR count). The summed E-state index contributed by atoms with van der Waals surface area (Å²) in [5.74, 6) is 0.507. The van der Waals surface area contributed by atoms with Gasteiger partial charge in [0.25, 0.3) is 0 Å². The number of phenols is 1. The molecule has 38 heavy (non-hydrogen) atoms. The predicted molar refractivity (Wildman–Crippen MR) is 139 cm³/mol. The maximum absolute atomic E-state index is 11.7. The zero-order chi connectivity index (χ0) is 26.8. The number of hydrogen-bond donors (Lipinski definition) is 1. The normalized spacial score (nSPS) is 10.4. The number of para-hydroxylation sites is 1. The van der Waals surface area contributed by atoms with Gasteiger partial charge in [-0.3, -0.25) is 4.79 Å². The van der Waals surface area contributed by atoms with Gasteiger partial charge in [0.2, 0.25) is 0 Å². The first-order chi connectivity index (χ1) is 17.8. The number of aromatic carboxylic acids is 1. The number of aryl methyl sites for hydroxylation is 1. The SMILES string of the molecule is CCCc1c(OCCCCOc2cc(O)c(C(C)=O)cc2CC)cccc1Oc1ccccc1C(=O)[O-].[Na+]. The zero-order valence-electron chi connectivity index (χ0n) is 22.5. The van der Waals surface area contributed by atoms with Gasteiger partial charge < -0.3 is 29.2 Å². The minimum atomic E-state index is -1.29. The smallest absolute Gasteiger partial charge is 0.545 e. The average molecular weight is 529 g/mol. The molecule has 0 unspecified atom stereocenters. The number of Topliss-reactive ketones (excluding diaryl/α,β-unsaturated/α-hetero) is 1. The fourth-order valence-corrected chi connectivity index (χ4v) is 3.99. The zero-order valence-corrected chi connectivity index (χ0v) is 24.5. The predicted octanol–water partition coefficient (Wildman–Crippen LogP) is 2.51. The number of hydrogen-bond acceptors (Lipinski definition) is 7. The van der Waals surface area contributed by atoms with E-state index in [1.807, 2.05) is 19.1 Å². The molecule has 0 fully saturated rings. The minimum absolute atomic E-state index is 0. The quantitative estimate of drug-likeness (QED) is 0.195. The molecule has 196 valence electrons. The fourth-order valence-electron chi connectivity index (χ4n) is 3.99. The third-order valence-electron chi connectivity index (χ3n) is 5.91. The standard InChI is InChI=1S/C30H34O7.Na/c1-4-11-22-26(14-10-15-27(22)37-28-13-7-6-12-23(28)30(33)34)35-16-8-9-17-36-29-19-25(32)24(20(3)31)18-21(29)5-2;/h6-7,10,12-15,18-19,32H,4-5,8-9,11,16-17H2,1-3H3,(H,33,34);/q;+1/p-1. The van der Waals surface area contributed by atoms with Gasteiger partial charge in [0.1, 0.15) is 28.7 Å². The van der Waals surface area contributed by atoms with Crippen LogP contribution in [-0.2, 0) is 12.8 Å². The Hall–Kier alpha value is -3.00. The largest absolute Gasteiger partial charge is 1.00 e. The Labute approximate surface area is 246 Å². The van der Waals surface area contributed by atoms with Gasteiger partial charge in [-0.05, 0) is 68.5 Å². The van der Waals surface area contributed by atoms with E-state index in [1.54, 1.807) is 30.3 Å². The van der Waals surface area contributed by atoms with Crippen molar-refractivity contribution < 1.29 is 63.6 Å².